The van der Waals surface area contributed by atoms with Crippen LogP contribution in [-0.2, 0) is 25.3 Å². The molecule has 0 aliphatic heterocycles. The number of rotatable bonds is 23. The topological polar surface area (TPSA) is 95.8 Å². The van der Waals surface area contributed by atoms with Crippen LogP contribution in [0.4, 0.5) is 0 Å². The molecule has 0 saturated carbocycles. The third-order valence-corrected chi connectivity index (χ3v) is 32.0. The molecule has 0 rings (SSSR count). The Morgan fingerprint density at radius 2 is 0.976 bits per heavy atom. The lowest BCUT2D eigenvalue weighted by molar-refractivity contribution is -0.0945. The van der Waals surface area contributed by atoms with E-state index in [1.165, 1.54) is 18.9 Å². The zero-order chi connectivity index (χ0) is 32.4. The first-order valence-corrected chi connectivity index (χ1v) is 36.6. The zero-order valence-corrected chi connectivity index (χ0v) is 36.5. The lowest BCUT2D eigenvalue weighted by Crippen LogP contribution is -2.60. The summed E-state index contributed by atoms with van der Waals surface area (Å²) in [5.41, 5.74) is 0. The van der Waals surface area contributed by atoms with E-state index < -0.39 is 65.2 Å². The molecule has 8 nitrogen and oxygen atoms in total. The Morgan fingerprint density at radius 3 is 1.44 bits per heavy atom. The van der Waals surface area contributed by atoms with Gasteiger partial charge in [-0.15, -0.1) is 0 Å². The van der Waals surface area contributed by atoms with Gasteiger partial charge in [-0.1, -0.05) is 26.2 Å². The molecule has 0 saturated heterocycles. The van der Waals surface area contributed by atoms with Crippen molar-refractivity contribution in [3.8, 4) is 0 Å². The van der Waals surface area contributed by atoms with E-state index in [0.29, 0.717) is 6.61 Å². The maximum atomic E-state index is 9.12. The van der Waals surface area contributed by atoms with Gasteiger partial charge < -0.3 is 35.5 Å². The predicted octanol–water partition coefficient (Wildman–Crippen LogP) is 7.90. The maximum Gasteiger partial charge on any atom is 0.317 e. The second-order valence-electron chi connectivity index (χ2n) is 15.5. The van der Waals surface area contributed by atoms with E-state index in [9.17, 15) is 0 Å². The Kier molecular flexibility index (Phi) is 17.7. The number of aliphatic hydroxyl groups is 2. The molecule has 41 heavy (non-hydrogen) atoms. The van der Waals surface area contributed by atoms with Crippen LogP contribution in [0.3, 0.4) is 0 Å². The maximum absolute atomic E-state index is 9.12. The minimum Gasteiger partial charge on any atom is -0.455 e. The Balaban J connectivity index is 5.90. The van der Waals surface area contributed by atoms with Gasteiger partial charge in [0.15, 0.2) is 39.6 Å². The van der Waals surface area contributed by atoms with E-state index in [-0.39, 0.29) is 6.61 Å². The van der Waals surface area contributed by atoms with Gasteiger partial charge in [-0.05, 0) is 122 Å². The molecule has 248 valence electrons. The highest BCUT2D eigenvalue weighted by Crippen LogP contribution is 2.34. The van der Waals surface area contributed by atoms with Crippen LogP contribution in [0.5, 0.6) is 0 Å². The average Bonchev–Trinajstić information content (AvgIpc) is 2.66. The summed E-state index contributed by atoms with van der Waals surface area (Å²) in [6, 6.07) is 3.97. The smallest absolute Gasteiger partial charge is 0.317 e. The number of ether oxygens (including phenoxy) is 1. The molecule has 2 atom stereocenters. The molecule has 0 aromatic rings. The Labute approximate surface area is 261 Å². The summed E-state index contributed by atoms with van der Waals surface area (Å²) < 4.78 is 40.1. The molecular formula is C26H68O8Si7. The monoisotopic (exact) mass is 704 g/mol. The Bertz CT molecular complexity index is 744. The summed E-state index contributed by atoms with van der Waals surface area (Å²) in [6.07, 6.45) is 2.78. The molecule has 0 fully saturated rings. The number of hydrogen-bond acceptors (Lipinski definition) is 8. The lowest BCUT2D eigenvalue weighted by Gasteiger charge is -2.44. The fourth-order valence-electron chi connectivity index (χ4n) is 5.60. The molecule has 2 N–H and O–H groups in total. The summed E-state index contributed by atoms with van der Waals surface area (Å²) in [5.74, 6) is 0. The molecule has 0 aromatic carbocycles. The van der Waals surface area contributed by atoms with Crippen molar-refractivity contribution in [2.45, 2.75) is 155 Å². The van der Waals surface area contributed by atoms with Crippen LogP contribution in [0.2, 0.25) is 116 Å². The molecular weight excluding hydrogens is 637 g/mol. The van der Waals surface area contributed by atoms with Gasteiger partial charge in [-0.3, -0.25) is 0 Å². The second-order valence-corrected chi connectivity index (χ2v) is 44.4. The van der Waals surface area contributed by atoms with E-state index in [4.69, 9.17) is 35.5 Å². The first-order valence-electron chi connectivity index (χ1n) is 15.7. The van der Waals surface area contributed by atoms with Crippen molar-refractivity contribution in [3.63, 3.8) is 0 Å². The lowest BCUT2D eigenvalue weighted by atomic mass is 10.4. The first kappa shape index (κ1) is 42.2. The molecule has 0 spiro atoms. The minimum atomic E-state index is -2.71. The number of aliphatic hydroxyl groups excluding tert-OH is 1. The molecule has 0 aliphatic carbocycles. The van der Waals surface area contributed by atoms with Gasteiger partial charge in [-0.2, -0.15) is 0 Å². The SMILES string of the molecule is CCCC[Si](C)(C)O[Si](C)(C)CCC[Si](C)(O[Si](C)(C)O[Si](C)(C)C)O[Si](C)(CCCOCC(O)O)O[Si](C)(C)C. The van der Waals surface area contributed by atoms with Crippen molar-refractivity contribution < 1.29 is 35.5 Å². The quantitative estimate of drug-likeness (QED) is 0.0630. The second kappa shape index (κ2) is 17.2. The molecule has 2 unspecified atom stereocenters. The van der Waals surface area contributed by atoms with Crippen LogP contribution < -0.4 is 0 Å². The van der Waals surface area contributed by atoms with Crippen molar-refractivity contribution in [2.75, 3.05) is 13.2 Å². The van der Waals surface area contributed by atoms with E-state index in [1.807, 2.05) is 0 Å². The Hall–Kier alpha value is 1.20. The highest BCUT2D eigenvalue weighted by atomic mass is 28.5. The van der Waals surface area contributed by atoms with Crippen molar-refractivity contribution in [3.05, 3.63) is 0 Å². The standard InChI is InChI=1S/C26H68O8Si7/c1-16-17-21-37(8,9)32-38(10,11)22-19-24-41(15,33-39(12,13)30-35(2,3)4)34-40(14,31-36(5,6)7)23-18-20-29-25-26(27)28/h26-28H,16-25H2,1-15H3. The van der Waals surface area contributed by atoms with Gasteiger partial charge in [0.25, 0.3) is 0 Å². The molecule has 15 heteroatoms. The fourth-order valence-corrected chi connectivity index (χ4v) is 38.7. The van der Waals surface area contributed by atoms with Crippen LogP contribution >= 0.6 is 0 Å². The van der Waals surface area contributed by atoms with Crippen molar-refractivity contribution in [2.24, 2.45) is 0 Å². The van der Waals surface area contributed by atoms with Crippen molar-refractivity contribution in [1.82, 2.24) is 0 Å². The van der Waals surface area contributed by atoms with Gasteiger partial charge >= 0.3 is 25.7 Å². The van der Waals surface area contributed by atoms with Gasteiger partial charge in [0.1, 0.15) is 0 Å². The number of unbranched alkanes of at least 4 members (excludes halogenated alkanes) is 1. The van der Waals surface area contributed by atoms with E-state index in [0.717, 1.165) is 31.0 Å². The number of hydrogen-bond donors (Lipinski definition) is 2. The van der Waals surface area contributed by atoms with Crippen LogP contribution in [0, 0.1) is 0 Å². The minimum absolute atomic E-state index is 0.0861. The van der Waals surface area contributed by atoms with Gasteiger partial charge in [-0.25, -0.2) is 0 Å². The first-order chi connectivity index (χ1) is 18.2. The summed E-state index contributed by atoms with van der Waals surface area (Å²) in [6.45, 7) is 34.1. The summed E-state index contributed by atoms with van der Waals surface area (Å²) in [7, 11) is -15.0. The summed E-state index contributed by atoms with van der Waals surface area (Å²) in [5, 5.41) is 18.2. The zero-order valence-electron chi connectivity index (χ0n) is 29.5. The molecule has 0 aliphatic rings. The largest absolute Gasteiger partial charge is 0.455 e. The molecule has 0 bridgehead atoms. The van der Waals surface area contributed by atoms with Crippen LogP contribution in [0.15, 0.2) is 0 Å². The average molecular weight is 705 g/mol. The predicted molar refractivity (Wildman–Crippen MR) is 190 cm³/mol. The van der Waals surface area contributed by atoms with E-state index in [1.54, 1.807) is 0 Å². The molecule has 0 amide bonds. The van der Waals surface area contributed by atoms with E-state index in [2.05, 4.69) is 98.6 Å². The molecule has 0 heterocycles. The van der Waals surface area contributed by atoms with Crippen molar-refractivity contribution in [1.29, 1.82) is 0 Å². The Morgan fingerprint density at radius 1 is 0.512 bits per heavy atom. The third-order valence-electron chi connectivity index (χ3n) is 6.25. The highest BCUT2D eigenvalue weighted by molar-refractivity contribution is 6.91. The van der Waals surface area contributed by atoms with Crippen LogP contribution in [0.1, 0.15) is 32.6 Å². The van der Waals surface area contributed by atoms with Crippen molar-refractivity contribution >= 4 is 59.0 Å². The molecule has 0 radical (unpaired) electrons. The van der Waals surface area contributed by atoms with E-state index >= 15 is 0 Å². The van der Waals surface area contributed by atoms with Crippen LogP contribution in [0.25, 0.3) is 0 Å². The molecule has 0 aromatic heterocycles. The summed E-state index contributed by atoms with van der Waals surface area (Å²) >= 11 is 0. The van der Waals surface area contributed by atoms with Crippen LogP contribution in [-0.4, -0.2) is 88.7 Å². The third kappa shape index (κ3) is 22.4. The van der Waals surface area contributed by atoms with Gasteiger partial charge in [0.2, 0.25) is 0 Å². The summed E-state index contributed by atoms with van der Waals surface area (Å²) in [4.78, 5) is 0. The normalized spacial score (nSPS) is 17.1. The highest BCUT2D eigenvalue weighted by Gasteiger charge is 2.49. The fraction of sp³-hybridized carbons (Fsp3) is 1.00. The van der Waals surface area contributed by atoms with Gasteiger partial charge in [0, 0.05) is 6.61 Å². The van der Waals surface area contributed by atoms with Gasteiger partial charge in [0.05, 0.1) is 6.61 Å².